The molecule has 0 heterocycles. The van der Waals surface area contributed by atoms with Gasteiger partial charge in [-0.05, 0) is 12.8 Å². The molecule has 0 unspecified atom stereocenters. The molecule has 0 aromatic heterocycles. The summed E-state index contributed by atoms with van der Waals surface area (Å²) in [6.45, 7) is 1.99. The van der Waals surface area contributed by atoms with Crippen molar-refractivity contribution in [1.82, 2.24) is 0 Å². The first-order chi connectivity index (χ1) is 5.67. The SMILES string of the molecule is CCCC(O)(O)C1CCCCC1.[Zn]. The van der Waals surface area contributed by atoms with Crippen LogP contribution in [0.5, 0.6) is 0 Å². The van der Waals surface area contributed by atoms with Crippen molar-refractivity contribution in [2.24, 2.45) is 5.92 Å². The Morgan fingerprint density at radius 2 is 1.69 bits per heavy atom. The summed E-state index contributed by atoms with van der Waals surface area (Å²) in [5, 5.41) is 19.4. The van der Waals surface area contributed by atoms with E-state index in [1.165, 1.54) is 6.42 Å². The Balaban J connectivity index is 0.00000144. The first-order valence-corrected chi connectivity index (χ1v) is 5.11. The maximum Gasteiger partial charge on any atom is 0.165 e. The molecule has 0 aliphatic heterocycles. The van der Waals surface area contributed by atoms with Crippen LogP contribution in [0.1, 0.15) is 51.9 Å². The van der Waals surface area contributed by atoms with E-state index in [2.05, 4.69) is 0 Å². The van der Waals surface area contributed by atoms with Crippen LogP contribution in [0.15, 0.2) is 0 Å². The summed E-state index contributed by atoms with van der Waals surface area (Å²) in [6, 6.07) is 0. The number of aliphatic hydroxyl groups is 2. The molecule has 74 valence electrons. The summed E-state index contributed by atoms with van der Waals surface area (Å²) in [4.78, 5) is 0. The quantitative estimate of drug-likeness (QED) is 0.583. The van der Waals surface area contributed by atoms with E-state index in [1.807, 2.05) is 6.92 Å². The molecule has 13 heavy (non-hydrogen) atoms. The standard InChI is InChI=1S/C10H20O2.Zn/c1-2-8-10(11,12)9-6-4-3-5-7-9;/h9,11-12H,2-8H2,1H3;. The molecule has 0 atom stereocenters. The van der Waals surface area contributed by atoms with Gasteiger partial charge >= 0.3 is 0 Å². The second-order valence-electron chi connectivity index (χ2n) is 3.96. The van der Waals surface area contributed by atoms with Gasteiger partial charge in [-0.25, -0.2) is 0 Å². The van der Waals surface area contributed by atoms with Crippen LogP contribution in [0.25, 0.3) is 0 Å². The zero-order valence-electron chi connectivity index (χ0n) is 8.63. The molecule has 1 fully saturated rings. The molecular formula is C10H20O2Zn. The van der Waals surface area contributed by atoms with Crippen molar-refractivity contribution in [1.29, 1.82) is 0 Å². The van der Waals surface area contributed by atoms with Crippen LogP contribution in [-0.2, 0) is 19.5 Å². The summed E-state index contributed by atoms with van der Waals surface area (Å²) < 4.78 is 0. The molecule has 1 rings (SSSR count). The van der Waals surface area contributed by atoms with Gasteiger partial charge in [0.15, 0.2) is 5.79 Å². The van der Waals surface area contributed by atoms with E-state index in [0.717, 1.165) is 32.1 Å². The van der Waals surface area contributed by atoms with E-state index < -0.39 is 5.79 Å². The van der Waals surface area contributed by atoms with Crippen LogP contribution in [-0.4, -0.2) is 16.0 Å². The molecule has 0 bridgehead atoms. The van der Waals surface area contributed by atoms with Crippen molar-refractivity contribution in [3.63, 3.8) is 0 Å². The van der Waals surface area contributed by atoms with Gasteiger partial charge in [-0.15, -0.1) is 0 Å². The summed E-state index contributed by atoms with van der Waals surface area (Å²) in [5.74, 6) is -1.25. The number of hydrogen-bond acceptors (Lipinski definition) is 2. The normalized spacial score (nSPS) is 19.6. The average molecular weight is 238 g/mol. The zero-order valence-corrected chi connectivity index (χ0v) is 11.6. The fourth-order valence-electron chi connectivity index (χ4n) is 2.14. The first-order valence-electron chi connectivity index (χ1n) is 5.11. The molecule has 1 saturated carbocycles. The van der Waals surface area contributed by atoms with Gasteiger partial charge in [0.2, 0.25) is 0 Å². The summed E-state index contributed by atoms with van der Waals surface area (Å²) in [5.41, 5.74) is 0. The number of rotatable bonds is 3. The van der Waals surface area contributed by atoms with E-state index in [1.54, 1.807) is 0 Å². The Morgan fingerprint density at radius 1 is 1.15 bits per heavy atom. The van der Waals surface area contributed by atoms with Gasteiger partial charge in [0.25, 0.3) is 0 Å². The minimum atomic E-state index is -1.38. The fourth-order valence-corrected chi connectivity index (χ4v) is 2.14. The predicted octanol–water partition coefficient (Wildman–Crippen LogP) is 2.05. The van der Waals surface area contributed by atoms with Gasteiger partial charge in [-0.1, -0.05) is 32.6 Å². The van der Waals surface area contributed by atoms with E-state index >= 15 is 0 Å². The molecular weight excluding hydrogens is 217 g/mol. The minimum Gasteiger partial charge on any atom is -0.365 e. The Bertz CT molecular complexity index is 131. The summed E-state index contributed by atoms with van der Waals surface area (Å²) in [7, 11) is 0. The van der Waals surface area contributed by atoms with Crippen LogP contribution >= 0.6 is 0 Å². The Labute approximate surface area is 93.5 Å². The molecule has 3 heteroatoms. The van der Waals surface area contributed by atoms with Gasteiger partial charge < -0.3 is 10.2 Å². The summed E-state index contributed by atoms with van der Waals surface area (Å²) >= 11 is 0. The van der Waals surface area contributed by atoms with Gasteiger partial charge in [0.1, 0.15) is 0 Å². The molecule has 0 aromatic carbocycles. The third-order valence-corrected chi connectivity index (χ3v) is 2.88. The second kappa shape index (κ2) is 6.11. The van der Waals surface area contributed by atoms with Gasteiger partial charge in [0, 0.05) is 31.8 Å². The molecule has 2 nitrogen and oxygen atoms in total. The summed E-state index contributed by atoms with van der Waals surface area (Å²) in [6.07, 6.45) is 6.95. The van der Waals surface area contributed by atoms with Crippen molar-refractivity contribution in [2.45, 2.75) is 57.7 Å². The third-order valence-electron chi connectivity index (χ3n) is 2.88. The molecule has 0 spiro atoms. The maximum atomic E-state index is 9.69. The van der Waals surface area contributed by atoms with E-state index in [0.29, 0.717) is 6.42 Å². The molecule has 0 aromatic rings. The van der Waals surface area contributed by atoms with Crippen molar-refractivity contribution < 1.29 is 29.7 Å². The maximum absolute atomic E-state index is 9.69. The van der Waals surface area contributed by atoms with Crippen LogP contribution in [0, 0.1) is 5.92 Å². The van der Waals surface area contributed by atoms with Crippen molar-refractivity contribution in [3.8, 4) is 0 Å². The van der Waals surface area contributed by atoms with Crippen LogP contribution in [0.4, 0.5) is 0 Å². The molecule has 1 aliphatic carbocycles. The molecule has 0 amide bonds. The Morgan fingerprint density at radius 3 is 2.15 bits per heavy atom. The minimum absolute atomic E-state index is 0. The molecule has 0 radical (unpaired) electrons. The van der Waals surface area contributed by atoms with Crippen LogP contribution in [0.2, 0.25) is 0 Å². The predicted molar refractivity (Wildman–Crippen MR) is 48.7 cm³/mol. The number of hydrogen-bond donors (Lipinski definition) is 2. The van der Waals surface area contributed by atoms with Crippen molar-refractivity contribution >= 4 is 0 Å². The second-order valence-corrected chi connectivity index (χ2v) is 3.96. The Hall–Kier alpha value is 0.543. The Kier molecular flexibility index (Phi) is 6.36. The van der Waals surface area contributed by atoms with Gasteiger partial charge in [0.05, 0.1) is 0 Å². The third kappa shape index (κ3) is 4.06. The molecule has 2 N–H and O–H groups in total. The van der Waals surface area contributed by atoms with Crippen LogP contribution < -0.4 is 0 Å². The average Bonchev–Trinajstić information content (AvgIpc) is 2.06. The topological polar surface area (TPSA) is 40.5 Å². The van der Waals surface area contributed by atoms with E-state index in [4.69, 9.17) is 0 Å². The molecule has 0 saturated heterocycles. The zero-order chi connectivity index (χ0) is 9.03. The van der Waals surface area contributed by atoms with Crippen molar-refractivity contribution in [3.05, 3.63) is 0 Å². The van der Waals surface area contributed by atoms with Gasteiger partial charge in [-0.3, -0.25) is 0 Å². The first kappa shape index (κ1) is 13.5. The smallest absolute Gasteiger partial charge is 0.165 e. The monoisotopic (exact) mass is 236 g/mol. The molecule has 1 aliphatic rings. The fraction of sp³-hybridized carbons (Fsp3) is 1.00. The van der Waals surface area contributed by atoms with Gasteiger partial charge in [-0.2, -0.15) is 0 Å². The van der Waals surface area contributed by atoms with E-state index in [-0.39, 0.29) is 25.4 Å². The van der Waals surface area contributed by atoms with Crippen molar-refractivity contribution in [2.75, 3.05) is 0 Å². The van der Waals surface area contributed by atoms with Crippen LogP contribution in [0.3, 0.4) is 0 Å². The van der Waals surface area contributed by atoms with E-state index in [9.17, 15) is 10.2 Å². The largest absolute Gasteiger partial charge is 0.365 e.